The van der Waals surface area contributed by atoms with Crippen LogP contribution in [0.4, 0.5) is 0 Å². The van der Waals surface area contributed by atoms with Gasteiger partial charge in [-0.3, -0.25) is 9.59 Å². The third kappa shape index (κ3) is 9.72. The highest BCUT2D eigenvalue weighted by Crippen LogP contribution is 2.37. The van der Waals surface area contributed by atoms with Crippen molar-refractivity contribution in [1.82, 2.24) is 9.80 Å². The van der Waals surface area contributed by atoms with Gasteiger partial charge in [0, 0.05) is 26.2 Å². The standard InChI is InChI=1S/C24H48N2O4Si2/c1-13-21(27)25(17-19-29-31(9,10)23(3,4)5)15-16-26(22(28)14-2)18-20-30-32(11,12)24(6,7)8/h13-14H,1-2,15-20H2,3-12H3. The second-order valence-corrected chi connectivity index (χ2v) is 20.9. The summed E-state index contributed by atoms with van der Waals surface area (Å²) >= 11 is 0. The lowest BCUT2D eigenvalue weighted by molar-refractivity contribution is -0.130. The van der Waals surface area contributed by atoms with Crippen LogP contribution in [-0.2, 0) is 18.4 Å². The van der Waals surface area contributed by atoms with Gasteiger partial charge in [-0.25, -0.2) is 0 Å². The first-order chi connectivity index (χ1) is 14.4. The molecule has 0 saturated heterocycles. The molecule has 0 bridgehead atoms. The van der Waals surface area contributed by atoms with E-state index in [0.717, 1.165) is 0 Å². The first-order valence-corrected chi connectivity index (χ1v) is 17.3. The maximum atomic E-state index is 12.4. The van der Waals surface area contributed by atoms with Crippen LogP contribution in [0.25, 0.3) is 0 Å². The number of hydrogen-bond donors (Lipinski definition) is 0. The summed E-state index contributed by atoms with van der Waals surface area (Å²) in [4.78, 5) is 28.2. The number of nitrogens with zero attached hydrogens (tertiary/aromatic N) is 2. The van der Waals surface area contributed by atoms with E-state index in [1.807, 2.05) is 0 Å². The molecule has 32 heavy (non-hydrogen) atoms. The SMILES string of the molecule is C=CC(=O)N(CCO[Si](C)(C)C(C)(C)C)CCN(CCO[Si](C)(C)C(C)(C)C)C(=O)C=C. The monoisotopic (exact) mass is 484 g/mol. The van der Waals surface area contributed by atoms with Crippen LogP contribution in [0.1, 0.15) is 41.5 Å². The van der Waals surface area contributed by atoms with Crippen molar-refractivity contribution in [2.45, 2.75) is 77.8 Å². The Hall–Kier alpha value is -1.23. The normalized spacial score (nSPS) is 12.9. The second kappa shape index (κ2) is 12.3. The van der Waals surface area contributed by atoms with E-state index in [9.17, 15) is 9.59 Å². The summed E-state index contributed by atoms with van der Waals surface area (Å²) in [7, 11) is -3.78. The molecule has 0 spiro atoms. The van der Waals surface area contributed by atoms with Gasteiger partial charge in [-0.15, -0.1) is 0 Å². The van der Waals surface area contributed by atoms with Crippen LogP contribution >= 0.6 is 0 Å². The Morgan fingerprint density at radius 1 is 0.688 bits per heavy atom. The molecule has 0 radical (unpaired) electrons. The summed E-state index contributed by atoms with van der Waals surface area (Å²) in [6, 6.07) is 0. The number of amides is 2. The van der Waals surface area contributed by atoms with Crippen LogP contribution in [-0.4, -0.2) is 77.6 Å². The molecule has 0 atom stereocenters. The van der Waals surface area contributed by atoms with Crippen LogP contribution in [0.3, 0.4) is 0 Å². The van der Waals surface area contributed by atoms with Gasteiger partial charge in [-0.2, -0.15) is 0 Å². The molecule has 0 N–H and O–H groups in total. The molecule has 0 aromatic heterocycles. The topological polar surface area (TPSA) is 59.1 Å². The fourth-order valence-electron chi connectivity index (χ4n) is 2.42. The molecule has 0 saturated carbocycles. The second-order valence-electron chi connectivity index (χ2n) is 11.3. The Bertz CT molecular complexity index is 593. The van der Waals surface area contributed by atoms with Gasteiger partial charge < -0.3 is 18.7 Å². The Balaban J connectivity index is 5.02. The number of carbonyl (C=O) groups is 2. The zero-order valence-corrected chi connectivity index (χ0v) is 24.3. The summed E-state index contributed by atoms with van der Waals surface area (Å²) in [6.07, 6.45) is 2.62. The van der Waals surface area contributed by atoms with Crippen molar-refractivity contribution in [1.29, 1.82) is 0 Å². The average Bonchev–Trinajstić information content (AvgIpc) is 2.65. The third-order valence-corrected chi connectivity index (χ3v) is 15.9. The zero-order valence-electron chi connectivity index (χ0n) is 22.3. The minimum absolute atomic E-state index is 0.109. The summed E-state index contributed by atoms with van der Waals surface area (Å²) in [5, 5.41) is 0.217. The van der Waals surface area contributed by atoms with E-state index in [4.69, 9.17) is 8.85 Å². The molecule has 0 rings (SSSR count). The molecule has 186 valence electrons. The zero-order chi connectivity index (χ0) is 25.4. The highest BCUT2D eigenvalue weighted by Gasteiger charge is 2.38. The molecule has 0 aliphatic rings. The summed E-state index contributed by atoms with van der Waals surface area (Å²) in [6.45, 7) is 31.9. The van der Waals surface area contributed by atoms with Gasteiger partial charge in [0.2, 0.25) is 11.8 Å². The fourth-order valence-corrected chi connectivity index (χ4v) is 4.49. The predicted octanol–water partition coefficient (Wildman–Crippen LogP) is 5.06. The Labute approximate surface area is 199 Å². The van der Waals surface area contributed by atoms with Crippen molar-refractivity contribution in [3.63, 3.8) is 0 Å². The number of carbonyl (C=O) groups excluding carboxylic acids is 2. The van der Waals surface area contributed by atoms with Gasteiger partial charge in [0.15, 0.2) is 16.6 Å². The van der Waals surface area contributed by atoms with Crippen molar-refractivity contribution >= 4 is 28.4 Å². The molecule has 0 aliphatic heterocycles. The smallest absolute Gasteiger partial charge is 0.246 e. The lowest BCUT2D eigenvalue weighted by atomic mass is 10.2. The molecule has 0 heterocycles. The van der Waals surface area contributed by atoms with E-state index in [-0.39, 0.29) is 21.9 Å². The number of rotatable bonds is 13. The van der Waals surface area contributed by atoms with Gasteiger partial charge in [-0.1, -0.05) is 54.7 Å². The van der Waals surface area contributed by atoms with Crippen molar-refractivity contribution in [3.05, 3.63) is 25.3 Å². The van der Waals surface area contributed by atoms with Crippen LogP contribution in [0.15, 0.2) is 25.3 Å². The van der Waals surface area contributed by atoms with Crippen LogP contribution < -0.4 is 0 Å². The highest BCUT2D eigenvalue weighted by atomic mass is 28.4. The van der Waals surface area contributed by atoms with Gasteiger partial charge in [-0.05, 0) is 48.4 Å². The van der Waals surface area contributed by atoms with Gasteiger partial charge in [0.25, 0.3) is 0 Å². The number of hydrogen-bond acceptors (Lipinski definition) is 4. The van der Waals surface area contributed by atoms with Gasteiger partial charge in [0.05, 0.1) is 13.2 Å². The third-order valence-electron chi connectivity index (χ3n) is 6.87. The van der Waals surface area contributed by atoms with E-state index < -0.39 is 16.6 Å². The largest absolute Gasteiger partial charge is 0.415 e. The fraction of sp³-hybridized carbons (Fsp3) is 0.750. The van der Waals surface area contributed by atoms with Crippen LogP contribution in [0.2, 0.25) is 36.3 Å². The summed E-state index contributed by atoms with van der Waals surface area (Å²) in [5.41, 5.74) is 0. The lowest BCUT2D eigenvalue weighted by Gasteiger charge is -2.37. The Morgan fingerprint density at radius 2 is 0.969 bits per heavy atom. The first-order valence-electron chi connectivity index (χ1n) is 11.5. The van der Waals surface area contributed by atoms with Crippen molar-refractivity contribution in [3.8, 4) is 0 Å². The van der Waals surface area contributed by atoms with Crippen LogP contribution in [0.5, 0.6) is 0 Å². The van der Waals surface area contributed by atoms with Gasteiger partial charge in [0.1, 0.15) is 0 Å². The Kier molecular flexibility index (Phi) is 11.8. The Morgan fingerprint density at radius 3 is 1.19 bits per heavy atom. The first kappa shape index (κ1) is 30.8. The van der Waals surface area contributed by atoms with E-state index in [0.29, 0.717) is 39.4 Å². The molecule has 0 aromatic rings. The highest BCUT2D eigenvalue weighted by molar-refractivity contribution is 6.74. The molecule has 8 heteroatoms. The quantitative estimate of drug-likeness (QED) is 0.271. The molecule has 2 amide bonds. The molecule has 0 aromatic carbocycles. The van der Waals surface area contributed by atoms with Crippen LogP contribution in [0, 0.1) is 0 Å². The van der Waals surface area contributed by atoms with E-state index in [1.165, 1.54) is 12.2 Å². The molecular formula is C24H48N2O4Si2. The molecule has 0 fully saturated rings. The van der Waals surface area contributed by atoms with Crippen molar-refractivity contribution in [2.24, 2.45) is 0 Å². The van der Waals surface area contributed by atoms with E-state index in [2.05, 4.69) is 80.9 Å². The molecule has 6 nitrogen and oxygen atoms in total. The maximum absolute atomic E-state index is 12.4. The summed E-state index contributed by atoms with van der Waals surface area (Å²) < 4.78 is 12.5. The predicted molar refractivity (Wildman–Crippen MR) is 140 cm³/mol. The molecule has 0 aliphatic carbocycles. The van der Waals surface area contributed by atoms with Crippen molar-refractivity contribution in [2.75, 3.05) is 39.4 Å². The van der Waals surface area contributed by atoms with Gasteiger partial charge >= 0.3 is 0 Å². The molecular weight excluding hydrogens is 436 g/mol. The minimum Gasteiger partial charge on any atom is -0.415 e. The van der Waals surface area contributed by atoms with E-state index >= 15 is 0 Å². The van der Waals surface area contributed by atoms with E-state index in [1.54, 1.807) is 9.80 Å². The average molecular weight is 485 g/mol. The maximum Gasteiger partial charge on any atom is 0.246 e. The lowest BCUT2D eigenvalue weighted by Crippen LogP contribution is -2.46. The van der Waals surface area contributed by atoms with Crippen molar-refractivity contribution < 1.29 is 18.4 Å². The molecule has 0 unspecified atom stereocenters. The minimum atomic E-state index is -1.89. The summed E-state index contributed by atoms with van der Waals surface area (Å²) in [5.74, 6) is -0.320.